The zero-order chi connectivity index (χ0) is 15.6. The fraction of sp³-hybridized carbons (Fsp3) is 0.714. The highest BCUT2D eigenvalue weighted by molar-refractivity contribution is 9.10. The maximum absolute atomic E-state index is 12.8. The van der Waals surface area contributed by atoms with Gasteiger partial charge in [0.1, 0.15) is 10.7 Å². The van der Waals surface area contributed by atoms with Crippen LogP contribution in [0.15, 0.2) is 20.0 Å². The van der Waals surface area contributed by atoms with Gasteiger partial charge in [-0.05, 0) is 35.7 Å². The summed E-state index contributed by atoms with van der Waals surface area (Å²) in [6.07, 6.45) is 2.92. The van der Waals surface area contributed by atoms with Crippen molar-refractivity contribution in [1.82, 2.24) is 9.62 Å². The summed E-state index contributed by atoms with van der Waals surface area (Å²) in [6, 6.07) is 1.98. The van der Waals surface area contributed by atoms with Crippen molar-refractivity contribution in [2.45, 2.75) is 63.6 Å². The minimum atomic E-state index is -3.49. The molecule has 0 bridgehead atoms. The molecule has 2 heterocycles. The van der Waals surface area contributed by atoms with Crippen LogP contribution in [-0.2, 0) is 16.6 Å². The minimum Gasteiger partial charge on any atom is -0.452 e. The van der Waals surface area contributed by atoms with E-state index in [2.05, 4.69) is 21.2 Å². The molecule has 120 valence electrons. The van der Waals surface area contributed by atoms with E-state index in [1.807, 2.05) is 20.8 Å². The van der Waals surface area contributed by atoms with Crippen molar-refractivity contribution in [3.05, 3.63) is 16.5 Å². The molecule has 1 aromatic rings. The molecule has 1 fully saturated rings. The Labute approximate surface area is 135 Å². The zero-order valence-corrected chi connectivity index (χ0v) is 15.1. The van der Waals surface area contributed by atoms with Crippen LogP contribution in [0.2, 0.25) is 0 Å². The Kier molecular flexibility index (Phi) is 5.51. The van der Waals surface area contributed by atoms with Crippen molar-refractivity contribution in [3.63, 3.8) is 0 Å². The molecule has 0 aliphatic carbocycles. The van der Waals surface area contributed by atoms with E-state index >= 15 is 0 Å². The van der Waals surface area contributed by atoms with Gasteiger partial charge in [-0.15, -0.1) is 0 Å². The van der Waals surface area contributed by atoms with Crippen LogP contribution < -0.4 is 5.32 Å². The SMILES string of the molecule is CC(C)NCc1cc(S(=O)(=O)N2CCCCC2C)c(Br)o1. The Morgan fingerprint density at radius 1 is 1.48 bits per heavy atom. The van der Waals surface area contributed by atoms with Crippen LogP contribution in [0.5, 0.6) is 0 Å². The summed E-state index contributed by atoms with van der Waals surface area (Å²) in [4.78, 5) is 0.233. The lowest BCUT2D eigenvalue weighted by Gasteiger charge is -2.31. The van der Waals surface area contributed by atoms with Gasteiger partial charge in [0.15, 0.2) is 4.67 Å². The molecule has 1 aliphatic rings. The molecule has 0 aromatic carbocycles. The molecule has 0 saturated carbocycles. The molecule has 1 unspecified atom stereocenters. The maximum atomic E-state index is 12.8. The smallest absolute Gasteiger partial charge is 0.247 e. The molecular formula is C14H23BrN2O3S. The largest absolute Gasteiger partial charge is 0.452 e. The Balaban J connectivity index is 2.23. The van der Waals surface area contributed by atoms with Gasteiger partial charge in [0, 0.05) is 24.7 Å². The number of halogens is 1. The number of nitrogens with zero attached hydrogens (tertiary/aromatic N) is 1. The van der Waals surface area contributed by atoms with Crippen molar-refractivity contribution in [2.24, 2.45) is 0 Å². The van der Waals surface area contributed by atoms with Crippen LogP contribution in [0.25, 0.3) is 0 Å². The summed E-state index contributed by atoms with van der Waals surface area (Å²) >= 11 is 3.25. The first kappa shape index (κ1) is 17.0. The number of sulfonamides is 1. The van der Waals surface area contributed by atoms with Crippen molar-refractivity contribution in [3.8, 4) is 0 Å². The quantitative estimate of drug-likeness (QED) is 0.854. The lowest BCUT2D eigenvalue weighted by atomic mass is 10.1. The van der Waals surface area contributed by atoms with E-state index in [1.54, 1.807) is 10.4 Å². The molecule has 0 amide bonds. The fourth-order valence-corrected chi connectivity index (χ4v) is 5.18. The molecule has 0 spiro atoms. The average Bonchev–Trinajstić information content (AvgIpc) is 2.79. The first-order valence-electron chi connectivity index (χ1n) is 7.36. The molecule has 1 saturated heterocycles. The van der Waals surface area contributed by atoms with E-state index in [9.17, 15) is 8.42 Å². The summed E-state index contributed by atoms with van der Waals surface area (Å²) < 4.78 is 33.0. The molecule has 7 heteroatoms. The molecule has 1 aliphatic heterocycles. The lowest BCUT2D eigenvalue weighted by Crippen LogP contribution is -2.41. The van der Waals surface area contributed by atoms with E-state index < -0.39 is 10.0 Å². The Morgan fingerprint density at radius 2 is 2.19 bits per heavy atom. The van der Waals surface area contributed by atoms with E-state index in [4.69, 9.17) is 4.42 Å². The van der Waals surface area contributed by atoms with Crippen LogP contribution in [0.1, 0.15) is 45.8 Å². The van der Waals surface area contributed by atoms with E-state index in [-0.39, 0.29) is 10.9 Å². The van der Waals surface area contributed by atoms with Gasteiger partial charge in [-0.25, -0.2) is 8.42 Å². The van der Waals surface area contributed by atoms with Crippen molar-refractivity contribution in [2.75, 3.05) is 6.54 Å². The number of piperidine rings is 1. The van der Waals surface area contributed by atoms with Crippen LogP contribution in [-0.4, -0.2) is 31.4 Å². The number of furan rings is 1. The lowest BCUT2D eigenvalue weighted by molar-refractivity contribution is 0.268. The topological polar surface area (TPSA) is 62.6 Å². The normalized spacial score (nSPS) is 21.1. The highest BCUT2D eigenvalue weighted by Gasteiger charge is 2.34. The first-order valence-corrected chi connectivity index (χ1v) is 9.59. The van der Waals surface area contributed by atoms with Gasteiger partial charge >= 0.3 is 0 Å². The van der Waals surface area contributed by atoms with E-state index in [0.29, 0.717) is 29.6 Å². The van der Waals surface area contributed by atoms with Gasteiger partial charge < -0.3 is 9.73 Å². The molecule has 1 atom stereocenters. The van der Waals surface area contributed by atoms with Crippen molar-refractivity contribution < 1.29 is 12.8 Å². The molecular weight excluding hydrogens is 356 g/mol. The third kappa shape index (κ3) is 3.88. The van der Waals surface area contributed by atoms with Gasteiger partial charge in [-0.2, -0.15) is 4.31 Å². The third-order valence-electron chi connectivity index (χ3n) is 3.72. The molecule has 0 radical (unpaired) electrons. The molecule has 1 aromatic heterocycles. The monoisotopic (exact) mass is 378 g/mol. The van der Waals surface area contributed by atoms with Gasteiger partial charge in [-0.1, -0.05) is 20.3 Å². The Hall–Kier alpha value is -0.370. The molecule has 21 heavy (non-hydrogen) atoms. The summed E-state index contributed by atoms with van der Waals surface area (Å²) in [5, 5.41) is 3.22. The number of hydrogen-bond acceptors (Lipinski definition) is 4. The predicted molar refractivity (Wildman–Crippen MR) is 85.6 cm³/mol. The second-order valence-electron chi connectivity index (χ2n) is 5.85. The second kappa shape index (κ2) is 6.81. The number of hydrogen-bond donors (Lipinski definition) is 1. The number of nitrogens with one attached hydrogen (secondary N) is 1. The summed E-state index contributed by atoms with van der Waals surface area (Å²) in [7, 11) is -3.49. The highest BCUT2D eigenvalue weighted by atomic mass is 79.9. The second-order valence-corrected chi connectivity index (χ2v) is 8.43. The predicted octanol–water partition coefficient (Wildman–Crippen LogP) is 3.10. The molecule has 2 rings (SSSR count). The summed E-state index contributed by atoms with van der Waals surface area (Å²) in [6.45, 7) is 7.13. The zero-order valence-electron chi connectivity index (χ0n) is 12.7. The Bertz CT molecular complexity index is 583. The van der Waals surface area contributed by atoms with Crippen molar-refractivity contribution >= 4 is 26.0 Å². The van der Waals surface area contributed by atoms with Crippen LogP contribution in [0.4, 0.5) is 0 Å². The summed E-state index contributed by atoms with van der Waals surface area (Å²) in [5.74, 6) is 0.624. The third-order valence-corrected chi connectivity index (χ3v) is 6.59. The Morgan fingerprint density at radius 3 is 2.81 bits per heavy atom. The van der Waals surface area contributed by atoms with Gasteiger partial charge in [0.05, 0.1) is 6.54 Å². The van der Waals surface area contributed by atoms with Crippen LogP contribution in [0, 0.1) is 0 Å². The summed E-state index contributed by atoms with van der Waals surface area (Å²) in [5.41, 5.74) is 0. The highest BCUT2D eigenvalue weighted by Crippen LogP contribution is 2.32. The molecule has 1 N–H and O–H groups in total. The number of rotatable bonds is 5. The first-order chi connectivity index (χ1) is 9.82. The molecule has 5 nitrogen and oxygen atoms in total. The van der Waals surface area contributed by atoms with Gasteiger partial charge in [-0.3, -0.25) is 0 Å². The van der Waals surface area contributed by atoms with Gasteiger partial charge in [0.25, 0.3) is 0 Å². The fourth-order valence-electron chi connectivity index (χ4n) is 2.52. The average molecular weight is 379 g/mol. The van der Waals surface area contributed by atoms with E-state index in [0.717, 1.165) is 19.3 Å². The van der Waals surface area contributed by atoms with Crippen LogP contribution >= 0.6 is 15.9 Å². The minimum absolute atomic E-state index is 0.0442. The maximum Gasteiger partial charge on any atom is 0.247 e. The van der Waals surface area contributed by atoms with Crippen LogP contribution in [0.3, 0.4) is 0 Å². The van der Waals surface area contributed by atoms with Crippen molar-refractivity contribution in [1.29, 1.82) is 0 Å². The van der Waals surface area contributed by atoms with Gasteiger partial charge in [0.2, 0.25) is 10.0 Å². The standard InChI is InChI=1S/C14H23BrN2O3S/c1-10(2)16-9-12-8-13(14(15)20-12)21(18,19)17-7-5-4-6-11(17)3/h8,10-11,16H,4-7,9H2,1-3H3. The van der Waals surface area contributed by atoms with E-state index in [1.165, 1.54) is 0 Å².